The summed E-state index contributed by atoms with van der Waals surface area (Å²) < 4.78 is 10.7. The van der Waals surface area contributed by atoms with Crippen molar-refractivity contribution < 1.29 is 9.47 Å². The molecule has 0 aliphatic rings. The van der Waals surface area contributed by atoms with Crippen molar-refractivity contribution in [2.75, 3.05) is 14.2 Å². The van der Waals surface area contributed by atoms with Crippen molar-refractivity contribution in [1.82, 2.24) is 0 Å². The number of rotatable bonds is 7. The molecule has 0 bridgehead atoms. The molecule has 0 saturated carbocycles. The molecule has 24 heavy (non-hydrogen) atoms. The molecule has 2 rings (SSSR count). The summed E-state index contributed by atoms with van der Waals surface area (Å²) in [6.07, 6.45) is 2.20. The zero-order valence-corrected chi connectivity index (χ0v) is 15.8. The Hall–Kier alpha value is -1.96. The smallest absolute Gasteiger partial charge is 0.121 e. The molecule has 2 aromatic carbocycles. The largest absolute Gasteiger partial charge is 0.496 e. The van der Waals surface area contributed by atoms with Crippen molar-refractivity contribution >= 4 is 0 Å². The van der Waals surface area contributed by atoms with Crippen molar-refractivity contribution in [3.05, 3.63) is 58.7 Å². The highest BCUT2D eigenvalue weighted by Gasteiger charge is 2.15. The molecule has 0 fully saturated rings. The van der Waals surface area contributed by atoms with E-state index in [2.05, 4.69) is 64.1 Å². The summed E-state index contributed by atoms with van der Waals surface area (Å²) in [5.41, 5.74) is 5.19. The molecule has 0 unspecified atom stereocenters. The topological polar surface area (TPSA) is 18.5 Å². The summed E-state index contributed by atoms with van der Waals surface area (Å²) in [6.45, 7) is 8.91. The SMILES string of the molecule is COc1ccc(C[C@@H](C)[C@@H](C)Cc2ccc(OC)c(C)c2)cc1C. The van der Waals surface area contributed by atoms with Crippen LogP contribution in [0.4, 0.5) is 0 Å². The van der Waals surface area contributed by atoms with E-state index in [1.165, 1.54) is 22.3 Å². The average Bonchev–Trinajstić information content (AvgIpc) is 2.55. The second-order valence-corrected chi connectivity index (χ2v) is 6.97. The van der Waals surface area contributed by atoms with Gasteiger partial charge in [0.2, 0.25) is 0 Å². The van der Waals surface area contributed by atoms with E-state index in [1.807, 2.05) is 0 Å². The minimum absolute atomic E-state index is 0.625. The van der Waals surface area contributed by atoms with Crippen LogP contribution in [0.5, 0.6) is 11.5 Å². The molecule has 0 N–H and O–H groups in total. The number of aryl methyl sites for hydroxylation is 2. The highest BCUT2D eigenvalue weighted by atomic mass is 16.5. The van der Waals surface area contributed by atoms with E-state index in [1.54, 1.807) is 14.2 Å². The van der Waals surface area contributed by atoms with E-state index in [0.29, 0.717) is 11.8 Å². The van der Waals surface area contributed by atoms with Gasteiger partial charge in [0.05, 0.1) is 14.2 Å². The third kappa shape index (κ3) is 4.53. The average molecular weight is 326 g/mol. The maximum absolute atomic E-state index is 5.35. The van der Waals surface area contributed by atoms with E-state index in [4.69, 9.17) is 9.47 Å². The Balaban J connectivity index is 2.00. The molecule has 130 valence electrons. The van der Waals surface area contributed by atoms with Crippen molar-refractivity contribution in [2.24, 2.45) is 11.8 Å². The van der Waals surface area contributed by atoms with Crippen LogP contribution >= 0.6 is 0 Å². The van der Waals surface area contributed by atoms with Crippen LogP contribution in [0, 0.1) is 25.7 Å². The number of hydrogen-bond donors (Lipinski definition) is 0. The third-order valence-corrected chi connectivity index (χ3v) is 5.01. The highest BCUT2D eigenvalue weighted by molar-refractivity contribution is 5.37. The number of ether oxygens (including phenoxy) is 2. The van der Waals surface area contributed by atoms with Crippen LogP contribution in [-0.2, 0) is 12.8 Å². The molecule has 2 aromatic rings. The van der Waals surface area contributed by atoms with Crippen LogP contribution in [-0.4, -0.2) is 14.2 Å². The van der Waals surface area contributed by atoms with Gasteiger partial charge in [-0.15, -0.1) is 0 Å². The first-order valence-corrected chi connectivity index (χ1v) is 8.71. The Morgan fingerprint density at radius 1 is 0.708 bits per heavy atom. The lowest BCUT2D eigenvalue weighted by atomic mass is 9.85. The van der Waals surface area contributed by atoms with Crippen LogP contribution in [0.15, 0.2) is 36.4 Å². The van der Waals surface area contributed by atoms with Gasteiger partial charge in [0.1, 0.15) is 11.5 Å². The molecule has 0 aliphatic carbocycles. The minimum atomic E-state index is 0.625. The summed E-state index contributed by atoms with van der Waals surface area (Å²) >= 11 is 0. The summed E-state index contributed by atoms with van der Waals surface area (Å²) in [4.78, 5) is 0. The monoisotopic (exact) mass is 326 g/mol. The fourth-order valence-corrected chi connectivity index (χ4v) is 3.28. The first-order chi connectivity index (χ1) is 11.4. The van der Waals surface area contributed by atoms with Gasteiger partial charge in [0.25, 0.3) is 0 Å². The quantitative estimate of drug-likeness (QED) is 0.680. The summed E-state index contributed by atoms with van der Waals surface area (Å²) in [5, 5.41) is 0. The summed E-state index contributed by atoms with van der Waals surface area (Å²) in [5.74, 6) is 3.18. The van der Waals surface area contributed by atoms with Crippen molar-refractivity contribution in [3.8, 4) is 11.5 Å². The van der Waals surface area contributed by atoms with Gasteiger partial charge in [-0.1, -0.05) is 38.1 Å². The maximum Gasteiger partial charge on any atom is 0.121 e. The molecule has 2 atom stereocenters. The van der Waals surface area contributed by atoms with Crippen LogP contribution in [0.25, 0.3) is 0 Å². The van der Waals surface area contributed by atoms with E-state index in [0.717, 1.165) is 24.3 Å². The Morgan fingerprint density at radius 2 is 1.08 bits per heavy atom. The van der Waals surface area contributed by atoms with Gasteiger partial charge in [-0.3, -0.25) is 0 Å². The Morgan fingerprint density at radius 3 is 1.38 bits per heavy atom. The van der Waals surface area contributed by atoms with Crippen molar-refractivity contribution in [3.63, 3.8) is 0 Å². The molecule has 0 spiro atoms. The maximum atomic E-state index is 5.35. The third-order valence-electron chi connectivity index (χ3n) is 5.01. The summed E-state index contributed by atoms with van der Waals surface area (Å²) in [7, 11) is 3.45. The first kappa shape index (κ1) is 18.4. The molecular formula is C22H30O2. The summed E-state index contributed by atoms with van der Waals surface area (Å²) in [6, 6.07) is 13.0. The van der Waals surface area contributed by atoms with E-state index >= 15 is 0 Å². The van der Waals surface area contributed by atoms with Crippen molar-refractivity contribution in [1.29, 1.82) is 0 Å². The van der Waals surface area contributed by atoms with E-state index in [9.17, 15) is 0 Å². The van der Waals surface area contributed by atoms with Crippen molar-refractivity contribution in [2.45, 2.75) is 40.5 Å². The number of benzene rings is 2. The molecule has 0 amide bonds. The molecule has 2 heteroatoms. The Bertz CT molecular complexity index is 616. The van der Waals surface area contributed by atoms with E-state index < -0.39 is 0 Å². The van der Waals surface area contributed by atoms with Gasteiger partial charge in [-0.05, 0) is 72.9 Å². The molecule has 0 heterocycles. The number of hydrogen-bond acceptors (Lipinski definition) is 2. The molecule has 0 saturated heterocycles. The lowest BCUT2D eigenvalue weighted by Gasteiger charge is -2.21. The Kier molecular flexibility index (Phi) is 6.30. The highest BCUT2D eigenvalue weighted by Crippen LogP contribution is 2.26. The van der Waals surface area contributed by atoms with Crippen LogP contribution in [0.3, 0.4) is 0 Å². The zero-order chi connectivity index (χ0) is 17.7. The molecule has 0 aromatic heterocycles. The second-order valence-electron chi connectivity index (χ2n) is 6.97. The standard InChI is InChI=1S/C22H30O2/c1-15(11-19-7-9-21(23-5)17(3)13-19)16(2)12-20-8-10-22(24-6)18(4)14-20/h7-10,13-16H,11-12H2,1-6H3/t15-,16+. The second kappa shape index (κ2) is 8.23. The zero-order valence-electron chi connectivity index (χ0n) is 15.8. The van der Waals surface area contributed by atoms with Gasteiger partial charge in [0.15, 0.2) is 0 Å². The van der Waals surface area contributed by atoms with Gasteiger partial charge in [-0.25, -0.2) is 0 Å². The first-order valence-electron chi connectivity index (χ1n) is 8.71. The molecule has 0 aliphatic heterocycles. The van der Waals surface area contributed by atoms with Crippen LogP contribution < -0.4 is 9.47 Å². The van der Waals surface area contributed by atoms with Gasteiger partial charge >= 0.3 is 0 Å². The van der Waals surface area contributed by atoms with Gasteiger partial charge in [-0.2, -0.15) is 0 Å². The molecule has 2 nitrogen and oxygen atoms in total. The van der Waals surface area contributed by atoms with Crippen LogP contribution in [0.2, 0.25) is 0 Å². The fourth-order valence-electron chi connectivity index (χ4n) is 3.28. The molecule has 0 radical (unpaired) electrons. The molecular weight excluding hydrogens is 296 g/mol. The minimum Gasteiger partial charge on any atom is -0.496 e. The Labute approximate surface area is 146 Å². The normalized spacial score (nSPS) is 13.4. The number of methoxy groups -OCH3 is 2. The van der Waals surface area contributed by atoms with Gasteiger partial charge < -0.3 is 9.47 Å². The lowest BCUT2D eigenvalue weighted by Crippen LogP contribution is -2.14. The predicted octanol–water partition coefficient (Wildman–Crippen LogP) is 5.38. The van der Waals surface area contributed by atoms with E-state index in [-0.39, 0.29) is 0 Å². The van der Waals surface area contributed by atoms with Gasteiger partial charge in [0, 0.05) is 0 Å². The van der Waals surface area contributed by atoms with Crippen LogP contribution in [0.1, 0.15) is 36.1 Å². The lowest BCUT2D eigenvalue weighted by molar-refractivity contribution is 0.381. The fraction of sp³-hybridized carbons (Fsp3) is 0.455. The predicted molar refractivity (Wildman–Crippen MR) is 101 cm³/mol.